The number of nitrogens with zero attached hydrogens (tertiary/aromatic N) is 1. The molecule has 0 amide bonds. The monoisotopic (exact) mass is 381 g/mol. The van der Waals surface area contributed by atoms with Gasteiger partial charge in [-0.25, -0.2) is 8.42 Å². The summed E-state index contributed by atoms with van der Waals surface area (Å²) in [5.74, 6) is 0.723. The van der Waals surface area contributed by atoms with Crippen molar-refractivity contribution in [2.75, 3.05) is 10.9 Å². The van der Waals surface area contributed by atoms with E-state index < -0.39 is 10.0 Å². The highest BCUT2D eigenvalue weighted by Gasteiger charge is 2.36. The topological polar surface area (TPSA) is 46.6 Å². The second-order valence-electron chi connectivity index (χ2n) is 6.94. The molecule has 1 heterocycles. The first-order valence-electron chi connectivity index (χ1n) is 9.31. The molecule has 0 saturated heterocycles. The highest BCUT2D eigenvalue weighted by molar-refractivity contribution is 7.93. The molecule has 140 valence electrons. The second-order valence-corrected chi connectivity index (χ2v) is 8.72. The summed E-state index contributed by atoms with van der Waals surface area (Å²) in [6.07, 6.45) is 1.63. The molecule has 0 radical (unpaired) electrons. The van der Waals surface area contributed by atoms with Crippen LogP contribution in [0.15, 0.2) is 65.6 Å². The Morgan fingerprint density at radius 2 is 1.70 bits per heavy atom. The highest BCUT2D eigenvalue weighted by atomic mass is 32.2. The van der Waals surface area contributed by atoms with Crippen molar-refractivity contribution in [3.05, 3.63) is 66.2 Å². The quantitative estimate of drug-likeness (QED) is 0.640. The standard InChI is InChI=1S/C22H23NO3S/c1-3-14-26-21-12-13-22(19-10-6-5-9-18(19)21)27(24,25)23-16(2)15-17-8-4-7-11-20(17)23/h4-13,16H,3,14-15H2,1-2H3/t16-/m0/s1. The van der Waals surface area contributed by atoms with Crippen LogP contribution in [0.2, 0.25) is 0 Å². The van der Waals surface area contributed by atoms with Gasteiger partial charge >= 0.3 is 0 Å². The third kappa shape index (κ3) is 2.96. The summed E-state index contributed by atoms with van der Waals surface area (Å²) in [5.41, 5.74) is 1.85. The van der Waals surface area contributed by atoms with Crippen molar-refractivity contribution in [3.63, 3.8) is 0 Å². The van der Waals surface area contributed by atoms with E-state index in [4.69, 9.17) is 4.74 Å². The van der Waals surface area contributed by atoms with Crippen molar-refractivity contribution in [2.45, 2.75) is 37.6 Å². The lowest BCUT2D eigenvalue weighted by molar-refractivity contribution is 0.321. The normalized spacial score (nSPS) is 16.5. The van der Waals surface area contributed by atoms with Crippen molar-refractivity contribution < 1.29 is 13.2 Å². The van der Waals surface area contributed by atoms with E-state index in [1.54, 1.807) is 16.4 Å². The largest absolute Gasteiger partial charge is 0.493 e. The molecule has 0 unspecified atom stereocenters. The third-order valence-corrected chi connectivity index (χ3v) is 6.97. The number of fused-ring (bicyclic) bond motifs is 2. The van der Waals surface area contributed by atoms with Gasteiger partial charge in [-0.1, -0.05) is 49.4 Å². The molecular formula is C22H23NO3S. The van der Waals surface area contributed by atoms with Gasteiger partial charge in [0.15, 0.2) is 0 Å². The molecular weight excluding hydrogens is 358 g/mol. The highest BCUT2D eigenvalue weighted by Crippen LogP contribution is 2.39. The van der Waals surface area contributed by atoms with E-state index >= 15 is 0 Å². The molecule has 0 bridgehead atoms. The van der Waals surface area contributed by atoms with Crippen LogP contribution in [0, 0.1) is 0 Å². The number of benzene rings is 3. The number of sulfonamides is 1. The van der Waals surface area contributed by atoms with E-state index in [1.807, 2.05) is 62.4 Å². The van der Waals surface area contributed by atoms with Gasteiger partial charge in [-0.2, -0.15) is 0 Å². The molecule has 0 aromatic heterocycles. The van der Waals surface area contributed by atoms with Crippen molar-refractivity contribution in [1.29, 1.82) is 0 Å². The first-order valence-corrected chi connectivity index (χ1v) is 10.7. The molecule has 0 aliphatic carbocycles. The Kier molecular flexibility index (Phi) is 4.56. The van der Waals surface area contributed by atoms with Crippen molar-refractivity contribution in [2.24, 2.45) is 0 Å². The van der Waals surface area contributed by atoms with Gasteiger partial charge in [0.1, 0.15) is 5.75 Å². The van der Waals surface area contributed by atoms with Gasteiger partial charge in [-0.15, -0.1) is 0 Å². The minimum Gasteiger partial charge on any atom is -0.493 e. The Morgan fingerprint density at radius 1 is 1.00 bits per heavy atom. The first-order chi connectivity index (χ1) is 13.0. The van der Waals surface area contributed by atoms with Crippen LogP contribution in [0.1, 0.15) is 25.8 Å². The molecule has 3 aromatic rings. The van der Waals surface area contributed by atoms with Gasteiger partial charge in [0, 0.05) is 16.8 Å². The van der Waals surface area contributed by atoms with Gasteiger partial charge in [0.05, 0.1) is 17.2 Å². The maximum Gasteiger partial charge on any atom is 0.265 e. The van der Waals surface area contributed by atoms with Crippen LogP contribution in [-0.4, -0.2) is 21.1 Å². The van der Waals surface area contributed by atoms with Crippen LogP contribution in [0.25, 0.3) is 10.8 Å². The number of hydrogen-bond acceptors (Lipinski definition) is 3. The van der Waals surface area contributed by atoms with Crippen LogP contribution in [-0.2, 0) is 16.4 Å². The first kappa shape index (κ1) is 17.9. The molecule has 1 aliphatic heterocycles. The van der Waals surface area contributed by atoms with Gasteiger partial charge in [-0.05, 0) is 43.5 Å². The molecule has 4 nitrogen and oxygen atoms in total. The Bertz CT molecular complexity index is 1090. The van der Waals surface area contributed by atoms with Crippen molar-refractivity contribution in [3.8, 4) is 5.75 Å². The summed E-state index contributed by atoms with van der Waals surface area (Å²) in [7, 11) is -3.69. The van der Waals surface area contributed by atoms with E-state index in [-0.39, 0.29) is 6.04 Å². The molecule has 27 heavy (non-hydrogen) atoms. The Morgan fingerprint density at radius 3 is 2.48 bits per heavy atom. The summed E-state index contributed by atoms with van der Waals surface area (Å²) in [6, 6.07) is 18.6. The van der Waals surface area contributed by atoms with Crippen molar-refractivity contribution in [1.82, 2.24) is 0 Å². The summed E-state index contributed by atoms with van der Waals surface area (Å²) in [6.45, 7) is 4.61. The zero-order valence-corrected chi connectivity index (χ0v) is 16.4. The smallest absolute Gasteiger partial charge is 0.265 e. The number of ether oxygens (including phenoxy) is 1. The van der Waals surface area contributed by atoms with Crippen LogP contribution in [0.4, 0.5) is 5.69 Å². The maximum atomic E-state index is 13.6. The lowest BCUT2D eigenvalue weighted by Crippen LogP contribution is -2.35. The second kappa shape index (κ2) is 6.89. The number of anilines is 1. The maximum absolute atomic E-state index is 13.6. The zero-order chi connectivity index (χ0) is 19.0. The fourth-order valence-electron chi connectivity index (χ4n) is 3.82. The predicted octanol–water partition coefficient (Wildman–Crippen LogP) is 4.77. The minimum absolute atomic E-state index is 0.109. The SMILES string of the molecule is CCCOc1ccc(S(=O)(=O)N2c3ccccc3C[C@@H]2C)c2ccccc12. The summed E-state index contributed by atoms with van der Waals surface area (Å²) < 4.78 is 34.7. The van der Waals surface area contributed by atoms with Gasteiger partial charge in [0.2, 0.25) is 0 Å². The molecule has 0 spiro atoms. The summed E-state index contributed by atoms with van der Waals surface area (Å²) in [5, 5.41) is 1.52. The Labute approximate surface area is 160 Å². The van der Waals surface area contributed by atoms with Crippen molar-refractivity contribution >= 4 is 26.5 Å². The number of rotatable bonds is 5. The lowest BCUT2D eigenvalue weighted by atomic mass is 10.1. The molecule has 1 aliphatic rings. The van der Waals surface area contributed by atoms with E-state index in [1.165, 1.54) is 0 Å². The van der Waals surface area contributed by atoms with E-state index in [9.17, 15) is 8.42 Å². The predicted molar refractivity (Wildman–Crippen MR) is 109 cm³/mol. The molecule has 4 rings (SSSR count). The fourth-order valence-corrected chi connectivity index (χ4v) is 5.71. The fraction of sp³-hybridized carbons (Fsp3) is 0.273. The average Bonchev–Trinajstić information content (AvgIpc) is 3.02. The van der Waals surface area contributed by atoms with Gasteiger partial charge < -0.3 is 4.74 Å². The third-order valence-electron chi connectivity index (χ3n) is 4.99. The molecule has 5 heteroatoms. The van der Waals surface area contributed by atoms with Gasteiger partial charge in [0.25, 0.3) is 10.0 Å². The molecule has 0 saturated carbocycles. The van der Waals surface area contributed by atoms with Crippen LogP contribution >= 0.6 is 0 Å². The average molecular weight is 381 g/mol. The zero-order valence-electron chi connectivity index (χ0n) is 15.6. The van der Waals surface area contributed by atoms with E-state index in [0.29, 0.717) is 16.9 Å². The van der Waals surface area contributed by atoms with E-state index in [0.717, 1.165) is 35.2 Å². The van der Waals surface area contributed by atoms with Crippen LogP contribution < -0.4 is 9.04 Å². The molecule has 3 aromatic carbocycles. The summed E-state index contributed by atoms with van der Waals surface area (Å²) in [4.78, 5) is 0.325. The lowest BCUT2D eigenvalue weighted by Gasteiger charge is -2.25. The molecule has 0 N–H and O–H groups in total. The van der Waals surface area contributed by atoms with E-state index in [2.05, 4.69) is 0 Å². The number of para-hydroxylation sites is 1. The van der Waals surface area contributed by atoms with Crippen LogP contribution in [0.5, 0.6) is 5.75 Å². The molecule has 1 atom stereocenters. The number of hydrogen-bond donors (Lipinski definition) is 0. The van der Waals surface area contributed by atoms with Crippen LogP contribution in [0.3, 0.4) is 0 Å². The molecule has 0 fully saturated rings. The Hall–Kier alpha value is -2.53. The van der Waals surface area contributed by atoms with Gasteiger partial charge in [-0.3, -0.25) is 4.31 Å². The Balaban J connectivity index is 1.87. The minimum atomic E-state index is -3.69. The summed E-state index contributed by atoms with van der Waals surface area (Å²) >= 11 is 0.